The van der Waals surface area contributed by atoms with Crippen molar-refractivity contribution in [2.45, 2.75) is 30.6 Å². The first-order chi connectivity index (χ1) is 14.5. The molecule has 0 fully saturated rings. The lowest BCUT2D eigenvalue weighted by atomic mass is 10.1. The molecular formula is C22H24N2O5S2. The minimum absolute atomic E-state index is 0.0263. The van der Waals surface area contributed by atoms with Gasteiger partial charge in [0.1, 0.15) is 5.75 Å². The molecule has 0 aliphatic carbocycles. The molecule has 0 amide bonds. The summed E-state index contributed by atoms with van der Waals surface area (Å²) in [6, 6.07) is 15.6. The molecule has 3 aromatic rings. The highest BCUT2D eigenvalue weighted by Crippen LogP contribution is 2.26. The van der Waals surface area contributed by atoms with Crippen LogP contribution in [0.15, 0.2) is 70.5 Å². The summed E-state index contributed by atoms with van der Waals surface area (Å²) >= 11 is 0. The third-order valence-electron chi connectivity index (χ3n) is 4.81. The Kier molecular flexibility index (Phi) is 6.28. The topological polar surface area (TPSA) is 102 Å². The number of benzene rings is 3. The number of hydrogen-bond donors (Lipinski definition) is 2. The van der Waals surface area contributed by atoms with E-state index in [1.54, 1.807) is 13.0 Å². The summed E-state index contributed by atoms with van der Waals surface area (Å²) in [6.45, 7) is 5.40. The molecule has 0 radical (unpaired) electrons. The molecule has 0 saturated heterocycles. The second-order valence-electron chi connectivity index (χ2n) is 7.13. The molecule has 0 unspecified atom stereocenters. The predicted octanol–water partition coefficient (Wildman–Crippen LogP) is 4.22. The van der Waals surface area contributed by atoms with Crippen LogP contribution in [0.3, 0.4) is 0 Å². The van der Waals surface area contributed by atoms with Crippen LogP contribution >= 0.6 is 0 Å². The number of nitrogens with one attached hydrogen (secondary N) is 2. The second-order valence-corrected chi connectivity index (χ2v) is 10.5. The lowest BCUT2D eigenvalue weighted by Gasteiger charge is -2.14. The summed E-state index contributed by atoms with van der Waals surface area (Å²) in [6.07, 6.45) is 0. The van der Waals surface area contributed by atoms with Crippen LogP contribution in [0.4, 0.5) is 11.4 Å². The molecule has 0 aromatic heterocycles. The highest BCUT2D eigenvalue weighted by atomic mass is 32.2. The standard InChI is InChI=1S/C22H24N2O5S2/c1-15-6-5-7-16(2)22(15)24-30(25,26)19-10-8-18(9-11-19)23-31(27,28)20-12-13-21(29-4)17(3)14-20/h5-14,23-24H,1-4H3. The second kappa shape index (κ2) is 8.60. The molecule has 3 aromatic carbocycles. The van der Waals surface area contributed by atoms with E-state index in [4.69, 9.17) is 4.74 Å². The molecule has 0 aliphatic rings. The number of para-hydroxylation sites is 1. The van der Waals surface area contributed by atoms with Crippen molar-refractivity contribution in [3.05, 3.63) is 77.4 Å². The Morgan fingerprint density at radius 3 is 1.77 bits per heavy atom. The van der Waals surface area contributed by atoms with Crippen LogP contribution in [0.2, 0.25) is 0 Å². The molecule has 2 N–H and O–H groups in total. The van der Waals surface area contributed by atoms with Crippen LogP contribution < -0.4 is 14.2 Å². The smallest absolute Gasteiger partial charge is 0.261 e. The maximum absolute atomic E-state index is 12.8. The summed E-state index contributed by atoms with van der Waals surface area (Å²) in [4.78, 5) is 0.109. The minimum Gasteiger partial charge on any atom is -0.496 e. The highest BCUT2D eigenvalue weighted by Gasteiger charge is 2.19. The highest BCUT2D eigenvalue weighted by molar-refractivity contribution is 7.93. The van der Waals surface area contributed by atoms with Gasteiger partial charge in [-0.3, -0.25) is 9.44 Å². The molecule has 31 heavy (non-hydrogen) atoms. The zero-order chi connectivity index (χ0) is 22.8. The molecule has 0 atom stereocenters. The maximum Gasteiger partial charge on any atom is 0.261 e. The summed E-state index contributed by atoms with van der Waals surface area (Å²) in [5, 5.41) is 0. The first kappa shape index (κ1) is 22.6. The average molecular weight is 461 g/mol. The monoisotopic (exact) mass is 460 g/mol. The summed E-state index contributed by atoms with van der Waals surface area (Å²) in [5.41, 5.74) is 3.08. The van der Waals surface area contributed by atoms with Gasteiger partial charge in [-0.1, -0.05) is 18.2 Å². The number of hydrogen-bond acceptors (Lipinski definition) is 5. The Balaban J connectivity index is 1.82. The van der Waals surface area contributed by atoms with Gasteiger partial charge in [-0.25, -0.2) is 16.8 Å². The van der Waals surface area contributed by atoms with Gasteiger partial charge in [-0.15, -0.1) is 0 Å². The molecule has 164 valence electrons. The SMILES string of the molecule is COc1ccc(S(=O)(=O)Nc2ccc(S(=O)(=O)Nc3c(C)cccc3C)cc2)cc1C. The van der Waals surface area contributed by atoms with Gasteiger partial charge in [0.05, 0.1) is 22.6 Å². The quantitative estimate of drug-likeness (QED) is 0.550. The van der Waals surface area contributed by atoms with Gasteiger partial charge in [-0.2, -0.15) is 0 Å². The number of aryl methyl sites for hydroxylation is 3. The number of sulfonamides is 2. The summed E-state index contributed by atoms with van der Waals surface area (Å²) in [5.74, 6) is 0.588. The molecule has 0 aliphatic heterocycles. The lowest BCUT2D eigenvalue weighted by molar-refractivity contribution is 0.411. The summed E-state index contributed by atoms with van der Waals surface area (Å²) < 4.78 is 61.1. The zero-order valence-electron chi connectivity index (χ0n) is 17.6. The van der Waals surface area contributed by atoms with Gasteiger partial charge < -0.3 is 4.74 Å². The number of methoxy groups -OCH3 is 1. The van der Waals surface area contributed by atoms with Gasteiger partial charge in [-0.05, 0) is 79.9 Å². The first-order valence-electron chi connectivity index (χ1n) is 9.40. The van der Waals surface area contributed by atoms with Crippen LogP contribution in [0, 0.1) is 20.8 Å². The van der Waals surface area contributed by atoms with Crippen LogP contribution in [-0.4, -0.2) is 23.9 Å². The Bertz CT molecular complexity index is 1300. The van der Waals surface area contributed by atoms with E-state index in [1.165, 1.54) is 43.5 Å². The van der Waals surface area contributed by atoms with Crippen LogP contribution in [-0.2, 0) is 20.0 Å². The normalized spacial score (nSPS) is 11.7. The average Bonchev–Trinajstić information content (AvgIpc) is 2.71. The van der Waals surface area contributed by atoms with Crippen LogP contribution in [0.1, 0.15) is 16.7 Å². The molecule has 0 heterocycles. The van der Waals surface area contributed by atoms with Crippen molar-refractivity contribution in [1.29, 1.82) is 0 Å². The number of rotatable bonds is 7. The van der Waals surface area contributed by atoms with E-state index in [0.29, 0.717) is 17.0 Å². The molecule has 9 heteroatoms. The largest absolute Gasteiger partial charge is 0.496 e. The van der Waals surface area contributed by atoms with Crippen molar-refractivity contribution in [3.8, 4) is 5.75 Å². The number of anilines is 2. The summed E-state index contributed by atoms with van der Waals surface area (Å²) in [7, 11) is -6.15. The van der Waals surface area contributed by atoms with E-state index in [-0.39, 0.29) is 15.5 Å². The predicted molar refractivity (Wildman–Crippen MR) is 122 cm³/mol. The van der Waals surface area contributed by atoms with Crippen LogP contribution in [0.5, 0.6) is 5.75 Å². The van der Waals surface area contributed by atoms with E-state index in [1.807, 2.05) is 32.0 Å². The van der Waals surface area contributed by atoms with E-state index < -0.39 is 20.0 Å². The van der Waals surface area contributed by atoms with Gasteiger partial charge in [0.15, 0.2) is 0 Å². The molecule has 3 rings (SSSR count). The minimum atomic E-state index is -3.84. The van der Waals surface area contributed by atoms with Crippen molar-refractivity contribution in [2.75, 3.05) is 16.6 Å². The van der Waals surface area contributed by atoms with E-state index >= 15 is 0 Å². The Hall–Kier alpha value is -3.04. The van der Waals surface area contributed by atoms with E-state index in [0.717, 1.165) is 11.1 Å². The lowest BCUT2D eigenvalue weighted by Crippen LogP contribution is -2.15. The van der Waals surface area contributed by atoms with Crippen molar-refractivity contribution in [3.63, 3.8) is 0 Å². The van der Waals surface area contributed by atoms with Crippen molar-refractivity contribution in [2.24, 2.45) is 0 Å². The fourth-order valence-corrected chi connectivity index (χ4v) is 5.45. The Labute approximate surface area is 183 Å². The van der Waals surface area contributed by atoms with Crippen molar-refractivity contribution in [1.82, 2.24) is 0 Å². The van der Waals surface area contributed by atoms with E-state index in [9.17, 15) is 16.8 Å². The van der Waals surface area contributed by atoms with Gasteiger partial charge in [0.25, 0.3) is 20.0 Å². The fourth-order valence-electron chi connectivity index (χ4n) is 3.10. The van der Waals surface area contributed by atoms with Gasteiger partial charge in [0.2, 0.25) is 0 Å². The Morgan fingerprint density at radius 1 is 0.677 bits per heavy atom. The first-order valence-corrected chi connectivity index (χ1v) is 12.4. The third kappa shape index (κ3) is 5.00. The fraction of sp³-hybridized carbons (Fsp3) is 0.182. The molecule has 0 spiro atoms. The molecule has 0 saturated carbocycles. The molecular weight excluding hydrogens is 436 g/mol. The van der Waals surface area contributed by atoms with Gasteiger partial charge >= 0.3 is 0 Å². The molecule has 7 nitrogen and oxygen atoms in total. The maximum atomic E-state index is 12.8. The number of ether oxygens (including phenoxy) is 1. The Morgan fingerprint density at radius 2 is 1.23 bits per heavy atom. The van der Waals surface area contributed by atoms with Crippen molar-refractivity contribution < 1.29 is 21.6 Å². The van der Waals surface area contributed by atoms with Crippen molar-refractivity contribution >= 4 is 31.4 Å². The van der Waals surface area contributed by atoms with Crippen LogP contribution in [0.25, 0.3) is 0 Å². The van der Waals surface area contributed by atoms with E-state index in [2.05, 4.69) is 9.44 Å². The zero-order valence-corrected chi connectivity index (χ0v) is 19.3. The third-order valence-corrected chi connectivity index (χ3v) is 7.56. The molecule has 0 bridgehead atoms. The van der Waals surface area contributed by atoms with Gasteiger partial charge in [0, 0.05) is 5.69 Å².